The van der Waals surface area contributed by atoms with Gasteiger partial charge in [0.2, 0.25) is 0 Å². The lowest BCUT2D eigenvalue weighted by molar-refractivity contribution is -0.189. The molecule has 4 N–H and O–H groups in total. The van der Waals surface area contributed by atoms with Crippen LogP contribution in [0.15, 0.2) is 33.2 Å². The van der Waals surface area contributed by atoms with Gasteiger partial charge in [0.05, 0.1) is 32.0 Å². The van der Waals surface area contributed by atoms with E-state index in [-0.39, 0.29) is 36.8 Å². The van der Waals surface area contributed by atoms with E-state index >= 15 is 0 Å². The van der Waals surface area contributed by atoms with Crippen LogP contribution in [0, 0.1) is 12.8 Å². The zero-order valence-electron chi connectivity index (χ0n) is 22.9. The average molecular weight is 580 g/mol. The number of hydrogen-bond donors (Lipinski definition) is 4. The predicted molar refractivity (Wildman–Crippen MR) is 139 cm³/mol. The smallest absolute Gasteiger partial charge is 0.330 e. The molecule has 2 fully saturated rings. The number of aromatic amines is 2. The molecule has 0 aromatic carbocycles. The quantitative estimate of drug-likeness (QED) is 0.186. The Morgan fingerprint density at radius 3 is 2.46 bits per heavy atom. The number of hydrogen-bond acceptors (Lipinski definition) is 13. The summed E-state index contributed by atoms with van der Waals surface area (Å²) < 4.78 is 26.0. The maximum Gasteiger partial charge on any atom is 0.330 e. The summed E-state index contributed by atoms with van der Waals surface area (Å²) in [4.78, 5) is 55.2. The molecule has 0 unspecified atom stereocenters. The third kappa shape index (κ3) is 5.38. The zero-order chi connectivity index (χ0) is 29.4. The molecule has 0 aliphatic carbocycles. The number of nitrogens with zero attached hydrogens (tertiary/aromatic N) is 5. The molecule has 5 rings (SSSR count). The molecule has 224 valence electrons. The van der Waals surface area contributed by atoms with Crippen LogP contribution >= 0.6 is 0 Å². The van der Waals surface area contributed by atoms with E-state index in [1.807, 2.05) is 0 Å². The molecule has 3 aromatic heterocycles. The Balaban J connectivity index is 1.27. The number of ether oxygens (including phenoxy) is 4. The highest BCUT2D eigenvalue weighted by Crippen LogP contribution is 2.37. The summed E-state index contributed by atoms with van der Waals surface area (Å²) in [7, 11) is 4.57. The number of fused-ring (bicyclic) bond motifs is 1. The van der Waals surface area contributed by atoms with Crippen LogP contribution < -0.4 is 16.8 Å². The van der Waals surface area contributed by atoms with Gasteiger partial charge in [0.25, 0.3) is 11.1 Å². The van der Waals surface area contributed by atoms with Gasteiger partial charge in [-0.25, -0.2) is 14.8 Å². The molecule has 2 aliphatic heterocycles. The lowest BCUT2D eigenvalue weighted by Crippen LogP contribution is -2.41. The van der Waals surface area contributed by atoms with Crippen LogP contribution in [0.4, 0.5) is 0 Å². The highest BCUT2D eigenvalue weighted by molar-refractivity contribution is 5.68. The number of imidazole rings is 1. The fourth-order valence-electron chi connectivity index (χ4n) is 5.40. The Labute approximate surface area is 232 Å². The fourth-order valence-corrected chi connectivity index (χ4v) is 5.40. The summed E-state index contributed by atoms with van der Waals surface area (Å²) in [6, 6.07) is 0. The van der Waals surface area contributed by atoms with E-state index in [2.05, 4.69) is 19.9 Å². The molecule has 2 saturated heterocycles. The molecule has 0 saturated carbocycles. The monoisotopic (exact) mass is 579 g/mol. The third-order valence-corrected chi connectivity index (χ3v) is 7.52. The molecule has 17 nitrogen and oxygen atoms in total. The first-order chi connectivity index (χ1) is 19.7. The third-order valence-electron chi connectivity index (χ3n) is 7.52. The second kappa shape index (κ2) is 11.9. The van der Waals surface area contributed by atoms with Crippen molar-refractivity contribution in [2.45, 2.75) is 49.9 Å². The van der Waals surface area contributed by atoms with Crippen LogP contribution in [0.2, 0.25) is 0 Å². The Hall–Kier alpha value is -3.29. The first-order valence-electron chi connectivity index (χ1n) is 12.9. The van der Waals surface area contributed by atoms with Gasteiger partial charge >= 0.3 is 5.69 Å². The van der Waals surface area contributed by atoms with Gasteiger partial charge in [-0.1, -0.05) is 0 Å². The molecule has 17 heteroatoms. The first kappa shape index (κ1) is 29.2. The summed E-state index contributed by atoms with van der Waals surface area (Å²) in [6.45, 7) is 1.40. The molecule has 0 amide bonds. The first-order valence-corrected chi connectivity index (χ1v) is 12.9. The minimum Gasteiger partial charge on any atom is -0.394 e. The maximum absolute atomic E-state index is 12.4. The standard InChI is InChI=1S/C24H33N7O10/c1-11-5-30(24(36)28-20(11)34)23-18(38-4)16(33)14(41-23)8-39-29(2)6-12-13(7-32)40-22(17(12)37-3)31-10-27-15-19(31)25-9-26-21(15)35/h5,9-10,12-14,16-18,22-23,32-33H,6-8H2,1-4H3,(H,25,26,35)(H,28,34,36)/t12-,13-,14-,16-,17-,18-,22-,23-/m1/s1. The number of H-pyrrole nitrogens is 2. The van der Waals surface area contributed by atoms with E-state index in [1.165, 1.54) is 42.7 Å². The lowest BCUT2D eigenvalue weighted by Gasteiger charge is -2.28. The van der Waals surface area contributed by atoms with Crippen molar-refractivity contribution in [2.75, 3.05) is 41.0 Å². The highest BCUT2D eigenvalue weighted by Gasteiger charge is 2.48. The van der Waals surface area contributed by atoms with Gasteiger partial charge in [-0.3, -0.25) is 28.5 Å². The van der Waals surface area contributed by atoms with Gasteiger partial charge in [-0.05, 0) is 6.92 Å². The number of hydroxylamine groups is 2. The van der Waals surface area contributed by atoms with E-state index < -0.39 is 54.2 Å². The molecule has 0 bridgehead atoms. The van der Waals surface area contributed by atoms with Gasteiger partial charge in [0.15, 0.2) is 23.6 Å². The number of aliphatic hydroxyl groups excluding tert-OH is 2. The van der Waals surface area contributed by atoms with Crippen LogP contribution in [-0.4, -0.2) is 116 Å². The van der Waals surface area contributed by atoms with E-state index in [1.54, 1.807) is 18.5 Å². The number of rotatable bonds is 10. The molecule has 2 aliphatic rings. The van der Waals surface area contributed by atoms with Crippen LogP contribution in [0.1, 0.15) is 18.0 Å². The van der Waals surface area contributed by atoms with Crippen molar-refractivity contribution in [3.63, 3.8) is 0 Å². The normalized spacial score (nSPS) is 30.1. The number of aromatic nitrogens is 6. The molecule has 0 radical (unpaired) electrons. The van der Waals surface area contributed by atoms with Gasteiger partial charge < -0.3 is 34.1 Å². The van der Waals surface area contributed by atoms with Crippen LogP contribution in [0.5, 0.6) is 0 Å². The van der Waals surface area contributed by atoms with E-state index in [0.717, 1.165) is 0 Å². The lowest BCUT2D eigenvalue weighted by atomic mass is 9.98. The van der Waals surface area contributed by atoms with Crippen LogP contribution in [-0.2, 0) is 23.8 Å². The van der Waals surface area contributed by atoms with Crippen molar-refractivity contribution < 1.29 is 34.0 Å². The number of methoxy groups -OCH3 is 2. The minimum atomic E-state index is -1.14. The zero-order valence-corrected chi connectivity index (χ0v) is 22.9. The average Bonchev–Trinajstić information content (AvgIpc) is 3.62. The van der Waals surface area contributed by atoms with E-state index in [9.17, 15) is 24.6 Å². The minimum absolute atomic E-state index is 0.0948. The Morgan fingerprint density at radius 2 is 1.76 bits per heavy atom. The van der Waals surface area contributed by atoms with Crippen molar-refractivity contribution in [3.05, 3.63) is 55.6 Å². The van der Waals surface area contributed by atoms with Crippen molar-refractivity contribution in [1.82, 2.24) is 34.1 Å². The SMILES string of the molecule is CO[C@@H]1[C@H](O)[C@@H](CON(C)C[C@H]2[C@@H](OC)[C@H](n3cnc4c(=O)[nH]cnc43)O[C@@H]2CO)O[C@H]1n1cc(C)c(=O)[nH]c1=O. The van der Waals surface area contributed by atoms with Gasteiger partial charge in [-0.15, -0.1) is 0 Å². The van der Waals surface area contributed by atoms with Crippen LogP contribution in [0.3, 0.4) is 0 Å². The molecule has 41 heavy (non-hydrogen) atoms. The molecule has 8 atom stereocenters. The molecule has 0 spiro atoms. The largest absolute Gasteiger partial charge is 0.394 e. The molecule has 3 aromatic rings. The summed E-state index contributed by atoms with van der Waals surface area (Å²) in [5, 5.41) is 22.4. The fraction of sp³-hybridized carbons (Fsp3) is 0.625. The number of nitrogens with one attached hydrogen (secondary N) is 2. The highest BCUT2D eigenvalue weighted by atomic mass is 16.7. The summed E-state index contributed by atoms with van der Waals surface area (Å²) in [5.41, 5.74) is -0.836. The molecular weight excluding hydrogens is 546 g/mol. The summed E-state index contributed by atoms with van der Waals surface area (Å²) in [5.74, 6) is -0.379. The van der Waals surface area contributed by atoms with E-state index in [4.69, 9.17) is 23.8 Å². The summed E-state index contributed by atoms with van der Waals surface area (Å²) in [6.07, 6.45) is -1.77. The summed E-state index contributed by atoms with van der Waals surface area (Å²) >= 11 is 0. The predicted octanol–water partition coefficient (Wildman–Crippen LogP) is -2.36. The van der Waals surface area contributed by atoms with Crippen LogP contribution in [0.25, 0.3) is 11.2 Å². The van der Waals surface area contributed by atoms with Crippen molar-refractivity contribution in [3.8, 4) is 0 Å². The Bertz CT molecular complexity index is 1540. The molecule has 5 heterocycles. The topological polar surface area (TPSA) is 208 Å². The van der Waals surface area contributed by atoms with Gasteiger partial charge in [-0.2, -0.15) is 5.06 Å². The number of aliphatic hydroxyl groups is 2. The van der Waals surface area contributed by atoms with Crippen molar-refractivity contribution >= 4 is 11.2 Å². The van der Waals surface area contributed by atoms with Crippen molar-refractivity contribution in [1.29, 1.82) is 0 Å². The van der Waals surface area contributed by atoms with Gasteiger partial charge in [0.1, 0.15) is 24.4 Å². The Kier molecular flexibility index (Phi) is 8.48. The Morgan fingerprint density at radius 1 is 1.05 bits per heavy atom. The van der Waals surface area contributed by atoms with Crippen molar-refractivity contribution in [2.24, 2.45) is 5.92 Å². The number of aryl methyl sites for hydroxylation is 1. The molecular formula is C24H33N7O10. The second-order valence-corrected chi connectivity index (χ2v) is 10.0. The maximum atomic E-state index is 12.4. The van der Waals surface area contributed by atoms with E-state index in [0.29, 0.717) is 11.2 Å². The van der Waals surface area contributed by atoms with Gasteiger partial charge in [0, 0.05) is 45.5 Å². The second-order valence-electron chi connectivity index (χ2n) is 10.0.